The third kappa shape index (κ3) is 2.61. The normalized spacial score (nSPS) is 11.1. The molecule has 17 heavy (non-hydrogen) atoms. The van der Waals surface area contributed by atoms with Crippen LogP contribution in [0.15, 0.2) is 15.9 Å². The first kappa shape index (κ1) is 12.8. The standard InChI is InChI=1S/C12H16BrN3S/c1-8-10(4-5-14-2)15-16(3)12(8)11-6-9(13)7-17-11/h6-7,14H,4-5H2,1-3H3. The predicted octanol–water partition coefficient (Wildman–Crippen LogP) is 2.98. The summed E-state index contributed by atoms with van der Waals surface area (Å²) in [5, 5.41) is 9.87. The van der Waals surface area contributed by atoms with E-state index in [4.69, 9.17) is 0 Å². The molecule has 92 valence electrons. The predicted molar refractivity (Wildman–Crippen MR) is 76.6 cm³/mol. The summed E-state index contributed by atoms with van der Waals surface area (Å²) >= 11 is 5.24. The van der Waals surface area contributed by atoms with E-state index in [-0.39, 0.29) is 0 Å². The second kappa shape index (κ2) is 5.33. The van der Waals surface area contributed by atoms with Crippen molar-refractivity contribution in [1.82, 2.24) is 15.1 Å². The monoisotopic (exact) mass is 313 g/mol. The first-order valence-electron chi connectivity index (χ1n) is 5.55. The molecule has 0 aliphatic rings. The van der Waals surface area contributed by atoms with Crippen LogP contribution in [-0.2, 0) is 13.5 Å². The third-order valence-corrected chi connectivity index (χ3v) is 4.49. The van der Waals surface area contributed by atoms with Gasteiger partial charge in [-0.3, -0.25) is 4.68 Å². The Morgan fingerprint density at radius 1 is 1.53 bits per heavy atom. The van der Waals surface area contributed by atoms with Crippen LogP contribution < -0.4 is 5.32 Å². The van der Waals surface area contributed by atoms with E-state index >= 15 is 0 Å². The van der Waals surface area contributed by atoms with E-state index in [9.17, 15) is 0 Å². The molecule has 1 N–H and O–H groups in total. The Bertz CT molecular complexity index is 516. The van der Waals surface area contributed by atoms with Gasteiger partial charge in [0.1, 0.15) is 0 Å². The highest BCUT2D eigenvalue weighted by Crippen LogP contribution is 2.32. The van der Waals surface area contributed by atoms with Gasteiger partial charge in [-0.15, -0.1) is 11.3 Å². The van der Waals surface area contributed by atoms with Crippen molar-refractivity contribution in [2.24, 2.45) is 7.05 Å². The van der Waals surface area contributed by atoms with Gasteiger partial charge in [-0.2, -0.15) is 5.10 Å². The number of aryl methyl sites for hydroxylation is 1. The Hall–Kier alpha value is -0.650. The van der Waals surface area contributed by atoms with Crippen LogP contribution in [0.5, 0.6) is 0 Å². The minimum Gasteiger partial charge on any atom is -0.319 e. The van der Waals surface area contributed by atoms with Crippen LogP contribution in [0, 0.1) is 6.92 Å². The molecule has 0 radical (unpaired) electrons. The van der Waals surface area contributed by atoms with E-state index in [2.05, 4.69) is 44.7 Å². The second-order valence-corrected chi connectivity index (χ2v) is 5.85. The molecule has 0 unspecified atom stereocenters. The first-order valence-corrected chi connectivity index (χ1v) is 7.22. The Morgan fingerprint density at radius 3 is 2.88 bits per heavy atom. The lowest BCUT2D eigenvalue weighted by atomic mass is 10.1. The van der Waals surface area contributed by atoms with Crippen molar-refractivity contribution in [2.45, 2.75) is 13.3 Å². The molecule has 0 aliphatic heterocycles. The van der Waals surface area contributed by atoms with Crippen LogP contribution in [0.25, 0.3) is 10.6 Å². The Kier molecular flexibility index (Phi) is 4.01. The molecular formula is C12H16BrN3S. The van der Waals surface area contributed by atoms with Gasteiger partial charge in [0.25, 0.3) is 0 Å². The molecule has 0 atom stereocenters. The SMILES string of the molecule is CNCCc1nn(C)c(-c2cc(Br)cs2)c1C. The average molecular weight is 314 g/mol. The van der Waals surface area contributed by atoms with Crippen LogP contribution in [-0.4, -0.2) is 23.4 Å². The van der Waals surface area contributed by atoms with Crippen molar-refractivity contribution in [3.63, 3.8) is 0 Å². The molecule has 0 spiro atoms. The molecule has 0 fully saturated rings. The van der Waals surface area contributed by atoms with E-state index in [1.54, 1.807) is 11.3 Å². The fourth-order valence-corrected chi connectivity index (χ4v) is 3.51. The number of hydrogen-bond donors (Lipinski definition) is 1. The van der Waals surface area contributed by atoms with Gasteiger partial charge in [0.15, 0.2) is 0 Å². The van der Waals surface area contributed by atoms with Crippen molar-refractivity contribution in [1.29, 1.82) is 0 Å². The average Bonchev–Trinajstić information content (AvgIpc) is 2.81. The zero-order valence-corrected chi connectivity index (χ0v) is 12.7. The number of thiophene rings is 1. The van der Waals surface area contributed by atoms with E-state index in [0.717, 1.165) is 17.4 Å². The maximum absolute atomic E-state index is 4.60. The molecule has 2 aromatic rings. The lowest BCUT2D eigenvalue weighted by molar-refractivity contribution is 0.720. The van der Waals surface area contributed by atoms with Crippen molar-refractivity contribution < 1.29 is 0 Å². The van der Waals surface area contributed by atoms with Crippen LogP contribution in [0.3, 0.4) is 0 Å². The van der Waals surface area contributed by atoms with Gasteiger partial charge >= 0.3 is 0 Å². The van der Waals surface area contributed by atoms with Crippen molar-refractivity contribution in [3.05, 3.63) is 27.2 Å². The first-order chi connectivity index (χ1) is 8.13. The second-order valence-electron chi connectivity index (χ2n) is 4.03. The summed E-state index contributed by atoms with van der Waals surface area (Å²) < 4.78 is 3.12. The van der Waals surface area contributed by atoms with Gasteiger partial charge in [-0.1, -0.05) is 0 Å². The Balaban J connectivity index is 2.37. The van der Waals surface area contributed by atoms with Crippen LogP contribution in [0.4, 0.5) is 0 Å². The van der Waals surface area contributed by atoms with Gasteiger partial charge in [-0.25, -0.2) is 0 Å². The van der Waals surface area contributed by atoms with E-state index in [1.165, 1.54) is 21.8 Å². The molecule has 0 amide bonds. The zero-order valence-electron chi connectivity index (χ0n) is 10.2. The highest BCUT2D eigenvalue weighted by Gasteiger charge is 2.14. The minimum atomic E-state index is 0.964. The van der Waals surface area contributed by atoms with Crippen LogP contribution >= 0.6 is 27.3 Å². The summed E-state index contributed by atoms with van der Waals surface area (Å²) in [7, 11) is 3.98. The molecule has 2 rings (SSSR count). The third-order valence-electron chi connectivity index (χ3n) is 2.80. The lowest BCUT2D eigenvalue weighted by Gasteiger charge is -1.99. The maximum Gasteiger partial charge on any atom is 0.0811 e. The molecule has 3 nitrogen and oxygen atoms in total. The number of likely N-dealkylation sites (N-methyl/N-ethyl adjacent to an activating group) is 1. The molecule has 0 aromatic carbocycles. The summed E-state index contributed by atoms with van der Waals surface area (Å²) in [6, 6.07) is 2.15. The van der Waals surface area contributed by atoms with E-state index < -0.39 is 0 Å². The summed E-state index contributed by atoms with van der Waals surface area (Å²) in [5.74, 6) is 0. The van der Waals surface area contributed by atoms with Crippen molar-refractivity contribution >= 4 is 27.3 Å². The van der Waals surface area contributed by atoms with Crippen molar-refractivity contribution in [2.75, 3.05) is 13.6 Å². The molecule has 0 saturated carbocycles. The molecule has 0 bridgehead atoms. The quantitative estimate of drug-likeness (QED) is 0.940. The topological polar surface area (TPSA) is 29.9 Å². The smallest absolute Gasteiger partial charge is 0.0811 e. The van der Waals surface area contributed by atoms with Gasteiger partial charge < -0.3 is 5.32 Å². The van der Waals surface area contributed by atoms with Crippen molar-refractivity contribution in [3.8, 4) is 10.6 Å². The Morgan fingerprint density at radius 2 is 2.29 bits per heavy atom. The highest BCUT2D eigenvalue weighted by molar-refractivity contribution is 9.10. The number of rotatable bonds is 4. The molecule has 0 aliphatic carbocycles. The number of nitrogens with one attached hydrogen (secondary N) is 1. The van der Waals surface area contributed by atoms with Gasteiger partial charge in [0, 0.05) is 29.9 Å². The minimum absolute atomic E-state index is 0.964. The zero-order chi connectivity index (χ0) is 12.4. The van der Waals surface area contributed by atoms with Crippen LogP contribution in [0.2, 0.25) is 0 Å². The summed E-state index contributed by atoms with van der Waals surface area (Å²) in [6.07, 6.45) is 0.975. The summed E-state index contributed by atoms with van der Waals surface area (Å²) in [4.78, 5) is 1.26. The lowest BCUT2D eigenvalue weighted by Crippen LogP contribution is -2.11. The number of hydrogen-bond acceptors (Lipinski definition) is 3. The largest absolute Gasteiger partial charge is 0.319 e. The van der Waals surface area contributed by atoms with E-state index in [1.807, 2.05) is 18.8 Å². The number of halogens is 1. The van der Waals surface area contributed by atoms with Crippen LogP contribution in [0.1, 0.15) is 11.3 Å². The van der Waals surface area contributed by atoms with E-state index in [0.29, 0.717) is 0 Å². The van der Waals surface area contributed by atoms with Gasteiger partial charge in [-0.05, 0) is 41.5 Å². The fraction of sp³-hybridized carbons (Fsp3) is 0.417. The maximum atomic E-state index is 4.60. The molecule has 2 heterocycles. The summed E-state index contributed by atoms with van der Waals surface area (Å²) in [6.45, 7) is 3.12. The molecule has 0 saturated heterocycles. The number of nitrogens with zero attached hydrogens (tertiary/aromatic N) is 2. The number of aromatic nitrogens is 2. The van der Waals surface area contributed by atoms with Gasteiger partial charge in [0.05, 0.1) is 16.3 Å². The highest BCUT2D eigenvalue weighted by atomic mass is 79.9. The molecule has 5 heteroatoms. The fourth-order valence-electron chi connectivity index (χ4n) is 1.95. The van der Waals surface area contributed by atoms with Gasteiger partial charge in [0.2, 0.25) is 0 Å². The molecule has 2 aromatic heterocycles. The summed E-state index contributed by atoms with van der Waals surface area (Å²) in [5.41, 5.74) is 3.70. The molecular weight excluding hydrogens is 298 g/mol. The Labute approximate surface area is 114 Å².